The number of rotatable bonds is 7. The van der Waals surface area contributed by atoms with Gasteiger partial charge in [-0.25, -0.2) is 0 Å². The Morgan fingerprint density at radius 1 is 1.21 bits per heavy atom. The van der Waals surface area contributed by atoms with Gasteiger partial charge >= 0.3 is 0 Å². The predicted octanol–water partition coefficient (Wildman–Crippen LogP) is 3.64. The summed E-state index contributed by atoms with van der Waals surface area (Å²) in [6, 6.07) is 8.44. The number of amides is 1. The maximum atomic E-state index is 12.0. The maximum Gasteiger partial charge on any atom is 0.222 e. The Hall–Kier alpha value is -2.04. The lowest BCUT2D eigenvalue weighted by Gasteiger charge is -2.25. The van der Waals surface area contributed by atoms with E-state index in [4.69, 9.17) is 0 Å². The highest BCUT2D eigenvalue weighted by Crippen LogP contribution is 2.28. The number of aliphatic imine (C=N–C) groups is 1. The fraction of sp³-hybridized carbons (Fsp3) is 0.652. The molecule has 0 spiro atoms. The van der Waals surface area contributed by atoms with Crippen LogP contribution in [0, 0.1) is 11.8 Å². The number of likely N-dealkylation sites (tertiary alicyclic amines) is 2. The molecule has 1 unspecified atom stereocenters. The van der Waals surface area contributed by atoms with Gasteiger partial charge in [0.2, 0.25) is 5.91 Å². The summed E-state index contributed by atoms with van der Waals surface area (Å²) in [5.41, 5.74) is 2.48. The topological polar surface area (TPSA) is 47.9 Å². The minimum absolute atomic E-state index is 0.281. The summed E-state index contributed by atoms with van der Waals surface area (Å²) in [4.78, 5) is 20.9. The minimum atomic E-state index is 0.281. The number of hydrogen-bond donors (Lipinski definition) is 1. The Morgan fingerprint density at radius 2 is 1.96 bits per heavy atom. The zero-order chi connectivity index (χ0) is 19.9. The molecule has 2 heterocycles. The van der Waals surface area contributed by atoms with Gasteiger partial charge in [0.25, 0.3) is 0 Å². The first-order chi connectivity index (χ1) is 13.7. The molecule has 1 aromatic carbocycles. The molecule has 0 radical (unpaired) electrons. The fourth-order valence-corrected chi connectivity index (χ4v) is 4.79. The molecule has 28 heavy (non-hydrogen) atoms. The van der Waals surface area contributed by atoms with Crippen LogP contribution in [-0.2, 0) is 17.9 Å². The van der Waals surface area contributed by atoms with Gasteiger partial charge < -0.3 is 15.1 Å². The van der Waals surface area contributed by atoms with E-state index < -0.39 is 0 Å². The zero-order valence-corrected chi connectivity index (χ0v) is 17.8. The Morgan fingerprint density at radius 3 is 2.61 bits per heavy atom. The molecule has 0 bridgehead atoms. The molecule has 1 N–H and O–H groups in total. The van der Waals surface area contributed by atoms with Gasteiger partial charge in [-0.05, 0) is 35.8 Å². The largest absolute Gasteiger partial charge is 0.352 e. The number of nitrogens with zero attached hydrogens (tertiary/aromatic N) is 3. The Balaban J connectivity index is 1.59. The van der Waals surface area contributed by atoms with Crippen molar-refractivity contribution in [1.82, 2.24) is 15.1 Å². The third-order valence-corrected chi connectivity index (χ3v) is 6.54. The Bertz CT molecular complexity index is 683. The monoisotopic (exact) mass is 384 g/mol. The molecular formula is C23H36N4O. The van der Waals surface area contributed by atoms with Crippen LogP contribution in [0.2, 0.25) is 0 Å². The lowest BCUT2D eigenvalue weighted by atomic mass is 9.87. The normalized spacial score (nSPS) is 20.5. The van der Waals surface area contributed by atoms with Crippen LogP contribution in [0.4, 0.5) is 0 Å². The first-order valence-corrected chi connectivity index (χ1v) is 11.0. The lowest BCUT2D eigenvalue weighted by molar-refractivity contribution is -0.128. The zero-order valence-electron chi connectivity index (χ0n) is 17.8. The van der Waals surface area contributed by atoms with Crippen molar-refractivity contribution < 1.29 is 4.79 Å². The summed E-state index contributed by atoms with van der Waals surface area (Å²) in [6.07, 6.45) is 5.48. The quantitative estimate of drug-likeness (QED) is 0.577. The van der Waals surface area contributed by atoms with Crippen molar-refractivity contribution in [3.63, 3.8) is 0 Å². The molecule has 5 heteroatoms. The van der Waals surface area contributed by atoms with Gasteiger partial charge in [-0.2, -0.15) is 0 Å². The molecule has 1 atom stereocenters. The van der Waals surface area contributed by atoms with E-state index in [1.807, 2.05) is 11.9 Å². The van der Waals surface area contributed by atoms with E-state index >= 15 is 0 Å². The molecule has 5 nitrogen and oxygen atoms in total. The summed E-state index contributed by atoms with van der Waals surface area (Å²) in [5, 5.41) is 3.57. The minimum Gasteiger partial charge on any atom is -0.352 e. The molecule has 0 saturated carbocycles. The van der Waals surface area contributed by atoms with E-state index in [9.17, 15) is 4.79 Å². The van der Waals surface area contributed by atoms with E-state index in [1.165, 1.54) is 30.4 Å². The predicted molar refractivity (Wildman–Crippen MR) is 115 cm³/mol. The van der Waals surface area contributed by atoms with Gasteiger partial charge in [0.1, 0.15) is 0 Å². The molecule has 2 fully saturated rings. The highest BCUT2D eigenvalue weighted by atomic mass is 16.2. The van der Waals surface area contributed by atoms with Crippen LogP contribution >= 0.6 is 0 Å². The molecule has 1 aromatic rings. The van der Waals surface area contributed by atoms with Crippen LogP contribution in [0.5, 0.6) is 0 Å². The number of carbonyl (C=O) groups excluding carboxylic acids is 1. The van der Waals surface area contributed by atoms with Crippen LogP contribution in [0.3, 0.4) is 0 Å². The molecule has 1 amide bonds. The van der Waals surface area contributed by atoms with Crippen LogP contribution in [0.1, 0.15) is 57.1 Å². The molecule has 154 valence electrons. The number of benzene rings is 1. The molecule has 2 aliphatic rings. The second kappa shape index (κ2) is 9.94. The molecule has 2 saturated heterocycles. The van der Waals surface area contributed by atoms with Crippen molar-refractivity contribution in [2.75, 3.05) is 26.7 Å². The van der Waals surface area contributed by atoms with Crippen LogP contribution in [0.15, 0.2) is 29.3 Å². The van der Waals surface area contributed by atoms with Crippen molar-refractivity contribution in [2.45, 2.75) is 59.0 Å². The van der Waals surface area contributed by atoms with Gasteiger partial charge in [-0.1, -0.05) is 51.0 Å². The molecule has 0 aliphatic carbocycles. The van der Waals surface area contributed by atoms with Crippen molar-refractivity contribution >= 4 is 11.9 Å². The van der Waals surface area contributed by atoms with Gasteiger partial charge in [0.15, 0.2) is 5.96 Å². The van der Waals surface area contributed by atoms with Crippen LogP contribution < -0.4 is 5.32 Å². The standard InChI is InChI=1S/C23H36N4O/c1-4-18(5-2)21-12-14-27(17-21)23(24-3)25-15-19-9-6-7-10-20(19)16-26-13-8-11-22(26)28/h6-7,9-10,18,21H,4-5,8,11-17H2,1-3H3,(H,24,25). The molecule has 3 rings (SSSR count). The molecule has 0 aromatic heterocycles. The molecular weight excluding hydrogens is 348 g/mol. The molecule has 2 aliphatic heterocycles. The van der Waals surface area contributed by atoms with Gasteiger partial charge in [0.05, 0.1) is 0 Å². The van der Waals surface area contributed by atoms with E-state index in [-0.39, 0.29) is 5.91 Å². The van der Waals surface area contributed by atoms with Crippen LogP contribution in [0.25, 0.3) is 0 Å². The third kappa shape index (κ3) is 4.86. The first-order valence-electron chi connectivity index (χ1n) is 11.0. The number of hydrogen-bond acceptors (Lipinski definition) is 2. The average Bonchev–Trinajstić information content (AvgIpc) is 3.35. The third-order valence-electron chi connectivity index (χ3n) is 6.54. The SMILES string of the molecule is CCC(CC)C1CCN(C(=NC)NCc2ccccc2CN2CCCC2=O)C1. The van der Waals surface area contributed by atoms with E-state index in [1.54, 1.807) is 0 Å². The van der Waals surface area contributed by atoms with Crippen molar-refractivity contribution in [1.29, 1.82) is 0 Å². The fourth-order valence-electron chi connectivity index (χ4n) is 4.79. The van der Waals surface area contributed by atoms with Gasteiger partial charge in [-0.15, -0.1) is 0 Å². The van der Waals surface area contributed by atoms with E-state index in [0.29, 0.717) is 6.42 Å². The second-order valence-corrected chi connectivity index (χ2v) is 8.16. The first kappa shape index (κ1) is 20.7. The number of guanidine groups is 1. The number of carbonyl (C=O) groups is 1. The Labute approximate surface area is 170 Å². The summed E-state index contributed by atoms with van der Waals surface area (Å²) in [6.45, 7) is 9.17. The smallest absolute Gasteiger partial charge is 0.222 e. The summed E-state index contributed by atoms with van der Waals surface area (Å²) < 4.78 is 0. The van der Waals surface area contributed by atoms with Crippen LogP contribution in [-0.4, -0.2) is 48.3 Å². The number of nitrogens with one attached hydrogen (secondary N) is 1. The van der Waals surface area contributed by atoms with Crippen molar-refractivity contribution in [2.24, 2.45) is 16.8 Å². The Kier molecular flexibility index (Phi) is 7.35. The van der Waals surface area contributed by atoms with Gasteiger partial charge in [0, 0.05) is 46.2 Å². The van der Waals surface area contributed by atoms with E-state index in [2.05, 4.69) is 53.3 Å². The second-order valence-electron chi connectivity index (χ2n) is 8.16. The highest BCUT2D eigenvalue weighted by molar-refractivity contribution is 5.80. The maximum absolute atomic E-state index is 12.0. The van der Waals surface area contributed by atoms with Crippen molar-refractivity contribution in [3.05, 3.63) is 35.4 Å². The summed E-state index contributed by atoms with van der Waals surface area (Å²) >= 11 is 0. The average molecular weight is 385 g/mol. The lowest BCUT2D eigenvalue weighted by Crippen LogP contribution is -2.40. The highest BCUT2D eigenvalue weighted by Gasteiger charge is 2.29. The van der Waals surface area contributed by atoms with Crippen molar-refractivity contribution in [3.8, 4) is 0 Å². The summed E-state index contributed by atoms with van der Waals surface area (Å²) in [5.74, 6) is 2.88. The summed E-state index contributed by atoms with van der Waals surface area (Å²) in [7, 11) is 1.88. The van der Waals surface area contributed by atoms with E-state index in [0.717, 1.165) is 56.9 Å². The van der Waals surface area contributed by atoms with Gasteiger partial charge in [-0.3, -0.25) is 9.79 Å².